The van der Waals surface area contributed by atoms with Gasteiger partial charge in [-0.3, -0.25) is 9.36 Å². The molecule has 2 aromatic heterocycles. The lowest BCUT2D eigenvalue weighted by atomic mass is 10.2. The van der Waals surface area contributed by atoms with Gasteiger partial charge in [-0.25, -0.2) is 9.97 Å². The molecule has 0 atom stereocenters. The Labute approximate surface area is 184 Å². The van der Waals surface area contributed by atoms with Gasteiger partial charge in [-0.15, -0.1) is 0 Å². The average Bonchev–Trinajstić information content (AvgIpc) is 2.76. The van der Waals surface area contributed by atoms with Crippen LogP contribution < -0.4 is 5.56 Å². The minimum Gasteiger partial charge on any atom is -0.382 e. The highest BCUT2D eigenvalue weighted by Gasteiger charge is 2.13. The molecule has 0 spiro atoms. The van der Waals surface area contributed by atoms with E-state index >= 15 is 0 Å². The first-order valence-corrected chi connectivity index (χ1v) is 11.3. The van der Waals surface area contributed by atoms with Crippen molar-refractivity contribution in [3.8, 4) is 0 Å². The third-order valence-electron chi connectivity index (χ3n) is 4.81. The van der Waals surface area contributed by atoms with Crippen molar-refractivity contribution >= 4 is 45.2 Å². The molecule has 30 heavy (non-hydrogen) atoms. The molecule has 0 saturated heterocycles. The number of benzene rings is 2. The van der Waals surface area contributed by atoms with Crippen LogP contribution in [0.5, 0.6) is 0 Å². The van der Waals surface area contributed by atoms with Crippen molar-refractivity contribution < 1.29 is 4.74 Å². The van der Waals surface area contributed by atoms with E-state index in [-0.39, 0.29) is 5.56 Å². The fourth-order valence-electron chi connectivity index (χ4n) is 3.30. The van der Waals surface area contributed by atoms with Crippen molar-refractivity contribution in [1.82, 2.24) is 14.5 Å². The summed E-state index contributed by atoms with van der Waals surface area (Å²) in [4.78, 5) is 22.4. The lowest BCUT2D eigenvalue weighted by molar-refractivity contribution is 0.140. The summed E-state index contributed by atoms with van der Waals surface area (Å²) in [5.74, 6) is 0.576. The van der Waals surface area contributed by atoms with Crippen molar-refractivity contribution in [3.05, 3.63) is 75.7 Å². The van der Waals surface area contributed by atoms with E-state index < -0.39 is 0 Å². The van der Waals surface area contributed by atoms with E-state index in [1.807, 2.05) is 55.5 Å². The van der Waals surface area contributed by atoms with Crippen molar-refractivity contribution in [2.45, 2.75) is 30.8 Å². The first kappa shape index (κ1) is 20.8. The Bertz CT molecular complexity index is 1240. The van der Waals surface area contributed by atoms with Crippen LogP contribution in [0.1, 0.15) is 18.9 Å². The highest BCUT2D eigenvalue weighted by molar-refractivity contribution is 7.98. The quantitative estimate of drug-likeness (QED) is 0.161. The summed E-state index contributed by atoms with van der Waals surface area (Å²) >= 11 is 7.93. The van der Waals surface area contributed by atoms with Crippen LogP contribution in [0.2, 0.25) is 5.15 Å². The predicted octanol–water partition coefficient (Wildman–Crippen LogP) is 5.32. The molecule has 0 aliphatic rings. The largest absolute Gasteiger partial charge is 0.382 e. The SMILES string of the molecule is CCOCCCn1c(SCc2cc3ccccc3nc2Cl)nc2ccccc2c1=O. The van der Waals surface area contributed by atoms with E-state index in [0.717, 1.165) is 22.9 Å². The minimum absolute atomic E-state index is 0.0256. The molecule has 0 fully saturated rings. The fourth-order valence-corrected chi connectivity index (χ4v) is 4.59. The summed E-state index contributed by atoms with van der Waals surface area (Å²) < 4.78 is 7.18. The van der Waals surface area contributed by atoms with Crippen molar-refractivity contribution in [2.24, 2.45) is 0 Å². The summed E-state index contributed by atoms with van der Waals surface area (Å²) in [7, 11) is 0. The monoisotopic (exact) mass is 439 g/mol. The number of pyridine rings is 1. The third-order valence-corrected chi connectivity index (χ3v) is 6.16. The predicted molar refractivity (Wildman–Crippen MR) is 123 cm³/mol. The van der Waals surface area contributed by atoms with Crippen LogP contribution in [-0.2, 0) is 17.0 Å². The highest BCUT2D eigenvalue weighted by Crippen LogP contribution is 2.28. The van der Waals surface area contributed by atoms with E-state index in [2.05, 4.69) is 11.1 Å². The lowest BCUT2D eigenvalue weighted by Crippen LogP contribution is -2.24. The standard InChI is InChI=1S/C23H22ClN3O2S/c1-2-29-13-7-12-27-22(28)18-9-4-6-11-20(18)26-23(27)30-15-17-14-16-8-3-5-10-19(16)25-21(17)24/h3-6,8-11,14H,2,7,12-13,15H2,1H3. The first-order valence-electron chi connectivity index (χ1n) is 9.91. The van der Waals surface area contributed by atoms with Crippen molar-refractivity contribution in [3.63, 3.8) is 0 Å². The van der Waals surface area contributed by atoms with Crippen LogP contribution in [0.4, 0.5) is 0 Å². The second-order valence-electron chi connectivity index (χ2n) is 6.84. The van der Waals surface area contributed by atoms with Gasteiger partial charge in [0.15, 0.2) is 5.16 Å². The maximum atomic E-state index is 13.1. The van der Waals surface area contributed by atoms with Crippen LogP contribution in [0.25, 0.3) is 21.8 Å². The molecule has 0 bridgehead atoms. The number of halogens is 1. The Morgan fingerprint density at radius 1 is 1.07 bits per heavy atom. The number of hydrogen-bond donors (Lipinski definition) is 0. The number of rotatable bonds is 8. The Kier molecular flexibility index (Phi) is 6.67. The van der Waals surface area contributed by atoms with Gasteiger partial charge < -0.3 is 4.74 Å². The topological polar surface area (TPSA) is 57.0 Å². The van der Waals surface area contributed by atoms with Crippen LogP contribution in [-0.4, -0.2) is 27.7 Å². The molecule has 154 valence electrons. The maximum Gasteiger partial charge on any atom is 0.262 e. The number of aromatic nitrogens is 3. The first-order chi connectivity index (χ1) is 14.7. The zero-order valence-corrected chi connectivity index (χ0v) is 18.2. The smallest absolute Gasteiger partial charge is 0.262 e. The summed E-state index contributed by atoms with van der Waals surface area (Å²) in [6.45, 7) is 3.80. The molecule has 0 aliphatic carbocycles. The number of ether oxygens (including phenoxy) is 1. The Hall–Kier alpha value is -2.41. The van der Waals surface area contributed by atoms with Crippen LogP contribution >= 0.6 is 23.4 Å². The minimum atomic E-state index is -0.0256. The number of hydrogen-bond acceptors (Lipinski definition) is 5. The molecule has 0 radical (unpaired) electrons. The Balaban J connectivity index is 1.65. The van der Waals surface area contributed by atoms with E-state index in [1.165, 1.54) is 11.8 Å². The molecular formula is C23H22ClN3O2S. The lowest BCUT2D eigenvalue weighted by Gasteiger charge is -2.13. The molecule has 0 unspecified atom stereocenters. The summed E-state index contributed by atoms with van der Waals surface area (Å²) in [6.07, 6.45) is 0.750. The zero-order chi connectivity index (χ0) is 20.9. The normalized spacial score (nSPS) is 11.4. The van der Waals surface area contributed by atoms with Crippen LogP contribution in [0, 0.1) is 0 Å². The second-order valence-corrected chi connectivity index (χ2v) is 8.14. The Morgan fingerprint density at radius 2 is 1.83 bits per heavy atom. The highest BCUT2D eigenvalue weighted by atomic mass is 35.5. The van der Waals surface area contributed by atoms with E-state index in [0.29, 0.717) is 46.7 Å². The molecule has 0 aliphatic heterocycles. The van der Waals surface area contributed by atoms with Gasteiger partial charge in [0.25, 0.3) is 5.56 Å². The molecule has 7 heteroatoms. The molecule has 0 saturated carbocycles. The molecular weight excluding hydrogens is 418 g/mol. The molecule has 5 nitrogen and oxygen atoms in total. The van der Waals surface area contributed by atoms with Gasteiger partial charge in [-0.2, -0.15) is 0 Å². The van der Waals surface area contributed by atoms with Gasteiger partial charge in [0.05, 0.1) is 16.4 Å². The van der Waals surface area contributed by atoms with E-state index in [1.54, 1.807) is 4.57 Å². The molecule has 4 rings (SSSR count). The molecule has 2 heterocycles. The summed E-state index contributed by atoms with van der Waals surface area (Å²) in [5.41, 5.74) is 2.47. The second kappa shape index (κ2) is 9.60. The van der Waals surface area contributed by atoms with Crippen molar-refractivity contribution in [1.29, 1.82) is 0 Å². The van der Waals surface area contributed by atoms with Gasteiger partial charge >= 0.3 is 0 Å². The zero-order valence-electron chi connectivity index (χ0n) is 16.7. The number of thioether (sulfide) groups is 1. The number of nitrogens with zero attached hydrogens (tertiary/aromatic N) is 3. The summed E-state index contributed by atoms with van der Waals surface area (Å²) in [6, 6.07) is 17.4. The van der Waals surface area contributed by atoms with Gasteiger partial charge in [0.1, 0.15) is 5.15 Å². The van der Waals surface area contributed by atoms with E-state index in [9.17, 15) is 4.79 Å². The molecule has 0 N–H and O–H groups in total. The average molecular weight is 440 g/mol. The molecule has 0 amide bonds. The molecule has 2 aromatic carbocycles. The van der Waals surface area contributed by atoms with Crippen LogP contribution in [0.15, 0.2) is 64.5 Å². The Morgan fingerprint density at radius 3 is 2.67 bits per heavy atom. The maximum absolute atomic E-state index is 13.1. The molecule has 4 aromatic rings. The summed E-state index contributed by atoms with van der Waals surface area (Å²) in [5, 5.41) is 2.83. The number of para-hydroxylation sites is 2. The van der Waals surface area contributed by atoms with Gasteiger partial charge in [0, 0.05) is 36.5 Å². The van der Waals surface area contributed by atoms with Gasteiger partial charge in [-0.05, 0) is 37.6 Å². The van der Waals surface area contributed by atoms with E-state index in [4.69, 9.17) is 21.3 Å². The van der Waals surface area contributed by atoms with Crippen molar-refractivity contribution in [2.75, 3.05) is 13.2 Å². The third kappa shape index (κ3) is 4.51. The number of fused-ring (bicyclic) bond motifs is 2. The fraction of sp³-hybridized carbons (Fsp3) is 0.261. The van der Waals surface area contributed by atoms with Gasteiger partial charge in [-0.1, -0.05) is 53.7 Å². The van der Waals surface area contributed by atoms with Crippen LogP contribution in [0.3, 0.4) is 0 Å². The van der Waals surface area contributed by atoms with Gasteiger partial charge in [0.2, 0.25) is 0 Å².